The maximum atomic E-state index is 12.6. The Kier molecular flexibility index (Phi) is 8.46. The molecule has 1 aromatic carbocycles. The van der Waals surface area contributed by atoms with E-state index in [-0.39, 0.29) is 17.1 Å². The fourth-order valence-corrected chi connectivity index (χ4v) is 9.35. The summed E-state index contributed by atoms with van der Waals surface area (Å²) in [6.45, 7) is 4.32. The minimum atomic E-state index is -4.62. The van der Waals surface area contributed by atoms with Gasteiger partial charge in [-0.1, -0.05) is 12.1 Å². The van der Waals surface area contributed by atoms with Crippen molar-refractivity contribution in [2.24, 2.45) is 28.3 Å². The second-order valence-corrected chi connectivity index (χ2v) is 14.8. The summed E-state index contributed by atoms with van der Waals surface area (Å²) in [7, 11) is -3.01. The summed E-state index contributed by atoms with van der Waals surface area (Å²) in [4.78, 5) is 41.8. The molecule has 3 N–H and O–H groups in total. The minimum absolute atomic E-state index is 0.00640. The number of phosphoric ester groups is 1. The van der Waals surface area contributed by atoms with Gasteiger partial charge in [0.2, 0.25) is 5.91 Å². The third-order valence-electron chi connectivity index (χ3n) is 8.92. The molecule has 0 aliphatic heterocycles. The van der Waals surface area contributed by atoms with Crippen LogP contribution in [0.1, 0.15) is 73.8 Å². The molecule has 1 heterocycles. The summed E-state index contributed by atoms with van der Waals surface area (Å²) < 4.78 is 17.2. The molecule has 3 aliphatic rings. The van der Waals surface area contributed by atoms with Crippen LogP contribution < -0.4 is 9.84 Å². The number of benzene rings is 1. The molecule has 39 heavy (non-hydrogen) atoms. The van der Waals surface area contributed by atoms with Crippen molar-refractivity contribution in [1.29, 1.82) is 0 Å². The molecular weight excluding hydrogens is 652 g/mol. The number of phosphoric acid groups is 1. The van der Waals surface area contributed by atoms with Gasteiger partial charge in [0.05, 0.1) is 9.28 Å². The van der Waals surface area contributed by atoms with Crippen molar-refractivity contribution in [2.75, 3.05) is 12.4 Å². The molecule has 0 radical (unpaired) electrons. The topological polar surface area (TPSA) is 130 Å². The van der Waals surface area contributed by atoms with Crippen LogP contribution in [0.5, 0.6) is 5.75 Å². The van der Waals surface area contributed by atoms with Crippen molar-refractivity contribution in [3.8, 4) is 5.75 Å². The first-order chi connectivity index (χ1) is 18.5. The molecular formula is C27H35IN3O6PS. The minimum Gasteiger partial charge on any atom is -0.403 e. The number of aryl methyl sites for hydroxylation is 2. The summed E-state index contributed by atoms with van der Waals surface area (Å²) in [5.41, 5.74) is 3.52. The number of anilines is 1. The van der Waals surface area contributed by atoms with E-state index in [1.54, 1.807) is 13.3 Å². The van der Waals surface area contributed by atoms with Crippen LogP contribution in [0.15, 0.2) is 23.5 Å². The molecule has 1 amide bonds. The van der Waals surface area contributed by atoms with Gasteiger partial charge in [-0.25, -0.2) is 9.55 Å². The van der Waals surface area contributed by atoms with Gasteiger partial charge >= 0.3 is 7.82 Å². The summed E-state index contributed by atoms with van der Waals surface area (Å²) in [6, 6.07) is 3.89. The zero-order valence-corrected chi connectivity index (χ0v) is 26.2. The zero-order valence-electron chi connectivity index (χ0n) is 22.4. The van der Waals surface area contributed by atoms with Gasteiger partial charge in [0.1, 0.15) is 12.9 Å². The number of aromatic nitrogens is 1. The molecule has 0 spiro atoms. The first-order valence-electron chi connectivity index (χ1n) is 13.4. The third kappa shape index (κ3) is 6.07. The number of rotatable bonds is 8. The molecule has 212 valence electrons. The molecule has 3 aliphatic carbocycles. The number of oxime groups is 1. The number of carbonyl (C=O) groups is 1. The average Bonchev–Trinajstić information content (AvgIpc) is 3.38. The highest BCUT2D eigenvalue weighted by Crippen LogP contribution is 2.63. The Balaban J connectivity index is 1.34. The van der Waals surface area contributed by atoms with E-state index in [2.05, 4.69) is 51.0 Å². The van der Waals surface area contributed by atoms with Gasteiger partial charge in [-0.2, -0.15) is 0 Å². The maximum Gasteiger partial charge on any atom is 0.524 e. The van der Waals surface area contributed by atoms with Crippen molar-refractivity contribution in [3.05, 3.63) is 37.9 Å². The van der Waals surface area contributed by atoms with Crippen LogP contribution in [0.2, 0.25) is 0 Å². The Morgan fingerprint density at radius 2 is 2.15 bits per heavy atom. The number of nitrogens with one attached hydrogen (secondary N) is 1. The van der Waals surface area contributed by atoms with Crippen LogP contribution in [0.4, 0.5) is 5.13 Å². The van der Waals surface area contributed by atoms with Crippen molar-refractivity contribution >= 4 is 58.5 Å². The first kappa shape index (κ1) is 29.0. The Hall–Kier alpha value is -1.53. The van der Waals surface area contributed by atoms with Crippen LogP contribution in [0, 0.1) is 33.7 Å². The Labute approximate surface area is 246 Å². The highest BCUT2D eigenvalue weighted by atomic mass is 127. The molecule has 9 nitrogen and oxygen atoms in total. The monoisotopic (exact) mass is 687 g/mol. The van der Waals surface area contributed by atoms with Gasteiger partial charge in [-0.3, -0.25) is 14.6 Å². The van der Waals surface area contributed by atoms with E-state index in [1.807, 2.05) is 13.0 Å². The van der Waals surface area contributed by atoms with Crippen LogP contribution in [0.25, 0.3) is 0 Å². The van der Waals surface area contributed by atoms with E-state index >= 15 is 0 Å². The van der Waals surface area contributed by atoms with Gasteiger partial charge in [0, 0.05) is 22.9 Å². The van der Waals surface area contributed by atoms with Gasteiger partial charge in [-0.05, 0) is 121 Å². The average molecular weight is 688 g/mol. The number of nitrogens with zero attached hydrogens (tertiary/aromatic N) is 2. The number of amides is 1. The molecule has 2 aromatic rings. The summed E-state index contributed by atoms with van der Waals surface area (Å²) in [6.07, 6.45) is 8.79. The van der Waals surface area contributed by atoms with Crippen molar-refractivity contribution in [1.82, 2.24) is 4.98 Å². The van der Waals surface area contributed by atoms with E-state index in [0.717, 1.165) is 64.7 Å². The molecule has 3 unspecified atom stereocenters. The normalized spacial score (nSPS) is 28.9. The van der Waals surface area contributed by atoms with Gasteiger partial charge in [0.25, 0.3) is 0 Å². The van der Waals surface area contributed by atoms with Gasteiger partial charge < -0.3 is 14.7 Å². The highest BCUT2D eigenvalue weighted by Gasteiger charge is 2.57. The Morgan fingerprint density at radius 3 is 2.85 bits per heavy atom. The lowest BCUT2D eigenvalue weighted by molar-refractivity contribution is -0.116. The number of thiazole rings is 1. The van der Waals surface area contributed by atoms with Gasteiger partial charge in [-0.15, -0.1) is 11.3 Å². The lowest BCUT2D eigenvalue weighted by Gasteiger charge is -2.50. The molecule has 5 rings (SSSR count). The van der Waals surface area contributed by atoms with E-state index < -0.39 is 7.82 Å². The SMILES string of the molecule is CO/N=C1\C[C@@H](CCCC(=O)Nc2ncc(C)s2)C2C3CCc4cc(OP(=O)(O)O)c(I)cc4C3CC[C@]12C. The molecule has 0 bridgehead atoms. The lowest BCUT2D eigenvalue weighted by Crippen LogP contribution is -2.44. The van der Waals surface area contributed by atoms with Crippen LogP contribution in [0.3, 0.4) is 0 Å². The predicted molar refractivity (Wildman–Crippen MR) is 159 cm³/mol. The van der Waals surface area contributed by atoms with Crippen molar-refractivity contribution < 1.29 is 28.5 Å². The van der Waals surface area contributed by atoms with E-state index in [9.17, 15) is 19.1 Å². The van der Waals surface area contributed by atoms with Crippen LogP contribution >= 0.6 is 41.8 Å². The highest BCUT2D eigenvalue weighted by molar-refractivity contribution is 14.1. The summed E-state index contributed by atoms with van der Waals surface area (Å²) >= 11 is 3.60. The van der Waals surface area contributed by atoms with E-state index in [1.165, 1.54) is 16.9 Å². The van der Waals surface area contributed by atoms with Crippen LogP contribution in [-0.2, 0) is 20.6 Å². The smallest absolute Gasteiger partial charge is 0.403 e. The molecule has 2 fully saturated rings. The fraction of sp³-hybridized carbons (Fsp3) is 0.593. The number of hydrogen-bond donors (Lipinski definition) is 3. The largest absolute Gasteiger partial charge is 0.524 e. The van der Waals surface area contributed by atoms with Gasteiger partial charge in [0.15, 0.2) is 5.13 Å². The number of fused-ring (bicyclic) bond motifs is 5. The number of carbonyl (C=O) groups excluding carboxylic acids is 1. The third-order valence-corrected chi connectivity index (χ3v) is 11.0. The van der Waals surface area contributed by atoms with Crippen molar-refractivity contribution in [3.63, 3.8) is 0 Å². The molecule has 0 saturated heterocycles. The first-order valence-corrected chi connectivity index (χ1v) is 16.8. The Bertz CT molecular complexity index is 1330. The van der Waals surface area contributed by atoms with Crippen LogP contribution in [-0.4, -0.2) is 33.5 Å². The Morgan fingerprint density at radius 1 is 1.36 bits per heavy atom. The molecule has 2 saturated carbocycles. The van der Waals surface area contributed by atoms with E-state index in [0.29, 0.717) is 35.2 Å². The molecule has 5 atom stereocenters. The summed E-state index contributed by atoms with van der Waals surface area (Å²) in [5.74, 6) is 1.97. The summed E-state index contributed by atoms with van der Waals surface area (Å²) in [5, 5.41) is 8.09. The van der Waals surface area contributed by atoms with Crippen molar-refractivity contribution in [2.45, 2.75) is 71.1 Å². The molecule has 12 heteroatoms. The predicted octanol–water partition coefficient (Wildman–Crippen LogP) is 6.42. The lowest BCUT2D eigenvalue weighted by atomic mass is 9.54. The molecule has 1 aromatic heterocycles. The second kappa shape index (κ2) is 11.4. The maximum absolute atomic E-state index is 12.6. The quantitative estimate of drug-likeness (QED) is 0.166. The zero-order chi connectivity index (χ0) is 27.9. The van der Waals surface area contributed by atoms with E-state index in [4.69, 9.17) is 9.36 Å². The standard InChI is InChI=1S/C27H35IN3O6PS/c1-15-14-29-26(39-15)30-24(32)6-4-5-17-12-23(31-36-3)27(2)10-9-18-19(25(17)27)8-7-16-11-22(37-38(33,34)35)21(28)13-20(16)18/h11,13-14,17-19,25H,4-10,12H2,1-3H3,(H,29,30,32)(H2,33,34,35)/b31-23+/t17-,18?,19?,25?,27-/m1/s1. The fourth-order valence-electron chi connectivity index (χ4n) is 7.49. The number of halogens is 1. The second-order valence-electron chi connectivity index (χ2n) is 11.3. The number of hydrogen-bond acceptors (Lipinski definition) is 7.